The van der Waals surface area contributed by atoms with Gasteiger partial charge in [-0.15, -0.1) is 0 Å². The van der Waals surface area contributed by atoms with E-state index < -0.39 is 0 Å². The Kier molecular flexibility index (Phi) is 4.19. The molecule has 0 spiro atoms. The normalized spacial score (nSPS) is 17.7. The van der Waals surface area contributed by atoms with Gasteiger partial charge in [-0.1, -0.05) is 29.8 Å². The first-order valence-corrected chi connectivity index (χ1v) is 7.64. The van der Waals surface area contributed by atoms with Gasteiger partial charge in [0.05, 0.1) is 0 Å². The molecule has 0 saturated carbocycles. The van der Waals surface area contributed by atoms with Gasteiger partial charge < -0.3 is 10.6 Å². The molecule has 4 heteroatoms. The van der Waals surface area contributed by atoms with E-state index in [0.717, 1.165) is 36.8 Å². The summed E-state index contributed by atoms with van der Waals surface area (Å²) >= 11 is 3.39. The first-order valence-electron chi connectivity index (χ1n) is 6.85. The molecule has 1 saturated heterocycles. The molecule has 104 valence electrons. The highest BCUT2D eigenvalue weighted by Crippen LogP contribution is 2.37. The molecule has 0 aromatic heterocycles. The minimum atomic E-state index is 0.0942. The van der Waals surface area contributed by atoms with Crippen molar-refractivity contribution in [2.75, 3.05) is 18.8 Å². The smallest absolute Gasteiger partial charge is 0.253 e. The number of hydrogen-bond acceptors (Lipinski definition) is 2. The third-order valence-electron chi connectivity index (χ3n) is 4.39. The van der Waals surface area contributed by atoms with Crippen LogP contribution in [0.4, 0.5) is 5.69 Å². The number of nitrogens with zero attached hydrogens (tertiary/aromatic N) is 1. The Hall–Kier alpha value is -1.03. The Morgan fingerprint density at radius 3 is 2.58 bits per heavy atom. The van der Waals surface area contributed by atoms with Gasteiger partial charge in [-0.3, -0.25) is 4.79 Å². The minimum absolute atomic E-state index is 0.0942. The van der Waals surface area contributed by atoms with Crippen molar-refractivity contribution >= 4 is 27.5 Å². The highest BCUT2D eigenvalue weighted by molar-refractivity contribution is 9.10. The fraction of sp³-hybridized carbons (Fsp3) is 0.533. The first-order chi connectivity index (χ1) is 8.99. The number of amides is 1. The highest BCUT2D eigenvalue weighted by atomic mass is 79.9. The van der Waals surface area contributed by atoms with Crippen molar-refractivity contribution < 1.29 is 4.79 Å². The van der Waals surface area contributed by atoms with Crippen LogP contribution in [0.25, 0.3) is 0 Å². The van der Waals surface area contributed by atoms with Crippen molar-refractivity contribution in [3.05, 3.63) is 28.2 Å². The Morgan fingerprint density at radius 1 is 1.37 bits per heavy atom. The summed E-state index contributed by atoms with van der Waals surface area (Å²) in [6.45, 7) is 6.15. The maximum Gasteiger partial charge on any atom is 0.253 e. The first kappa shape index (κ1) is 14.4. The van der Waals surface area contributed by atoms with E-state index in [1.807, 2.05) is 17.0 Å². The molecule has 0 atom stereocenters. The van der Waals surface area contributed by atoms with Gasteiger partial charge in [0.1, 0.15) is 0 Å². The van der Waals surface area contributed by atoms with E-state index in [-0.39, 0.29) is 5.91 Å². The van der Waals surface area contributed by atoms with Crippen LogP contribution in [-0.2, 0) is 0 Å². The Bertz CT molecular complexity index is 463. The van der Waals surface area contributed by atoms with Gasteiger partial charge in [-0.2, -0.15) is 0 Å². The van der Waals surface area contributed by atoms with Gasteiger partial charge in [-0.05, 0) is 42.9 Å². The van der Waals surface area contributed by atoms with E-state index in [0.29, 0.717) is 16.7 Å². The molecule has 1 amide bonds. The van der Waals surface area contributed by atoms with Crippen molar-refractivity contribution in [3.63, 3.8) is 0 Å². The number of benzene rings is 1. The van der Waals surface area contributed by atoms with Crippen LogP contribution in [0.3, 0.4) is 0 Å². The molecule has 19 heavy (non-hydrogen) atoms. The van der Waals surface area contributed by atoms with Gasteiger partial charge in [0, 0.05) is 28.8 Å². The zero-order chi connectivity index (χ0) is 14.0. The summed E-state index contributed by atoms with van der Waals surface area (Å²) in [6, 6.07) is 5.41. The van der Waals surface area contributed by atoms with Gasteiger partial charge in [0.15, 0.2) is 0 Å². The number of carbonyl (C=O) groups excluding carboxylic acids is 1. The summed E-state index contributed by atoms with van der Waals surface area (Å²) < 4.78 is 0.854. The van der Waals surface area contributed by atoms with E-state index in [1.54, 1.807) is 6.07 Å². The largest absolute Gasteiger partial charge is 0.399 e. The Morgan fingerprint density at radius 2 is 2.05 bits per heavy atom. The van der Waals surface area contributed by atoms with E-state index >= 15 is 0 Å². The van der Waals surface area contributed by atoms with Gasteiger partial charge in [-0.25, -0.2) is 0 Å². The monoisotopic (exact) mass is 324 g/mol. The second-order valence-corrected chi connectivity index (χ2v) is 6.37. The topological polar surface area (TPSA) is 46.3 Å². The highest BCUT2D eigenvalue weighted by Gasteiger charge is 2.37. The van der Waals surface area contributed by atoms with Crippen LogP contribution in [0.5, 0.6) is 0 Å². The molecule has 2 N–H and O–H groups in total. The van der Waals surface area contributed by atoms with Crippen LogP contribution in [0, 0.1) is 5.41 Å². The van der Waals surface area contributed by atoms with Crippen molar-refractivity contribution in [3.8, 4) is 0 Å². The van der Waals surface area contributed by atoms with E-state index in [9.17, 15) is 4.79 Å². The standard InChI is InChI=1S/C15H21BrN2O/c1-3-15(4-2)5-6-18(10-15)14(19)11-7-12(16)9-13(17)8-11/h7-9H,3-6,10,17H2,1-2H3. The van der Waals surface area contributed by atoms with Crippen molar-refractivity contribution in [2.24, 2.45) is 5.41 Å². The predicted molar refractivity (Wildman–Crippen MR) is 82.1 cm³/mol. The summed E-state index contributed by atoms with van der Waals surface area (Å²) in [5.41, 5.74) is 7.41. The molecule has 1 aliphatic heterocycles. The summed E-state index contributed by atoms with van der Waals surface area (Å²) in [5.74, 6) is 0.0942. The van der Waals surface area contributed by atoms with E-state index in [4.69, 9.17) is 5.73 Å². The maximum atomic E-state index is 12.5. The summed E-state index contributed by atoms with van der Waals surface area (Å²) in [6.07, 6.45) is 3.37. The maximum absolute atomic E-state index is 12.5. The SMILES string of the molecule is CCC1(CC)CCN(C(=O)c2cc(N)cc(Br)c2)C1. The number of hydrogen-bond donors (Lipinski definition) is 1. The zero-order valence-electron chi connectivity index (χ0n) is 11.6. The molecule has 3 nitrogen and oxygen atoms in total. The molecule has 1 heterocycles. The number of rotatable bonds is 3. The fourth-order valence-corrected chi connectivity index (χ4v) is 3.36. The molecule has 1 aromatic carbocycles. The number of nitrogen functional groups attached to an aromatic ring is 1. The summed E-state index contributed by atoms with van der Waals surface area (Å²) in [5, 5.41) is 0. The summed E-state index contributed by atoms with van der Waals surface area (Å²) in [7, 11) is 0. The molecule has 0 aliphatic carbocycles. The minimum Gasteiger partial charge on any atom is -0.399 e. The Balaban J connectivity index is 2.17. The molecule has 0 unspecified atom stereocenters. The average molecular weight is 325 g/mol. The van der Waals surface area contributed by atoms with Crippen molar-refractivity contribution in [2.45, 2.75) is 33.1 Å². The number of likely N-dealkylation sites (tertiary alicyclic amines) is 1. The van der Waals surface area contributed by atoms with Crippen molar-refractivity contribution in [1.82, 2.24) is 4.90 Å². The van der Waals surface area contributed by atoms with Crippen LogP contribution in [0.2, 0.25) is 0 Å². The fourth-order valence-electron chi connectivity index (χ4n) is 2.85. The van der Waals surface area contributed by atoms with Crippen LogP contribution in [-0.4, -0.2) is 23.9 Å². The van der Waals surface area contributed by atoms with Crippen molar-refractivity contribution in [1.29, 1.82) is 0 Å². The van der Waals surface area contributed by atoms with Crippen LogP contribution < -0.4 is 5.73 Å². The molecule has 1 fully saturated rings. The lowest BCUT2D eigenvalue weighted by atomic mass is 9.82. The quantitative estimate of drug-likeness (QED) is 0.862. The lowest BCUT2D eigenvalue weighted by molar-refractivity contribution is 0.0770. The predicted octanol–water partition coefficient (Wildman–Crippen LogP) is 3.68. The number of halogens is 1. The number of carbonyl (C=O) groups is 1. The second-order valence-electron chi connectivity index (χ2n) is 5.46. The third kappa shape index (κ3) is 2.94. The van der Waals surface area contributed by atoms with Crippen LogP contribution in [0.1, 0.15) is 43.5 Å². The molecule has 1 aliphatic rings. The molecule has 1 aromatic rings. The van der Waals surface area contributed by atoms with E-state index in [1.165, 1.54) is 0 Å². The van der Waals surface area contributed by atoms with Gasteiger partial charge in [0.2, 0.25) is 0 Å². The molecular formula is C15H21BrN2O. The number of nitrogens with two attached hydrogens (primary N) is 1. The Labute approximate surface area is 123 Å². The molecule has 0 bridgehead atoms. The lowest BCUT2D eigenvalue weighted by Crippen LogP contribution is -2.31. The molecule has 2 rings (SSSR count). The zero-order valence-corrected chi connectivity index (χ0v) is 13.2. The average Bonchev–Trinajstić information content (AvgIpc) is 2.82. The number of anilines is 1. The van der Waals surface area contributed by atoms with Gasteiger partial charge >= 0.3 is 0 Å². The lowest BCUT2D eigenvalue weighted by Gasteiger charge is -2.26. The third-order valence-corrected chi connectivity index (χ3v) is 4.85. The van der Waals surface area contributed by atoms with Gasteiger partial charge in [0.25, 0.3) is 5.91 Å². The van der Waals surface area contributed by atoms with Crippen LogP contribution >= 0.6 is 15.9 Å². The molecule has 0 radical (unpaired) electrons. The molecular weight excluding hydrogens is 304 g/mol. The summed E-state index contributed by atoms with van der Waals surface area (Å²) in [4.78, 5) is 14.5. The second kappa shape index (κ2) is 5.53. The van der Waals surface area contributed by atoms with E-state index in [2.05, 4.69) is 29.8 Å². The van der Waals surface area contributed by atoms with Crippen LogP contribution in [0.15, 0.2) is 22.7 Å².